The fourth-order valence-electron chi connectivity index (χ4n) is 1.49. The summed E-state index contributed by atoms with van der Waals surface area (Å²) in [5, 5.41) is 0. The fraction of sp³-hybridized carbons (Fsp3) is 1.00. The highest BCUT2D eigenvalue weighted by atomic mass is 28.2. The van der Waals surface area contributed by atoms with Gasteiger partial charge in [-0.05, 0) is 11.8 Å². The first kappa shape index (κ1) is 11.2. The Bertz CT molecular complexity index is 85.6. The largest absolute Gasteiger partial charge is 0.425 e. The molecule has 0 aliphatic heterocycles. The monoisotopic (exact) mass is 174 g/mol. The third-order valence-corrected chi connectivity index (χ3v) is 3.23. The van der Waals surface area contributed by atoms with E-state index in [4.69, 9.17) is 4.43 Å². The van der Waals surface area contributed by atoms with E-state index in [-0.39, 0.29) is 0 Å². The summed E-state index contributed by atoms with van der Waals surface area (Å²) in [5.74, 6) is 1.45. The molecular weight excluding hydrogens is 152 g/mol. The van der Waals surface area contributed by atoms with Crippen molar-refractivity contribution < 1.29 is 4.43 Å². The van der Waals surface area contributed by atoms with Crippen LogP contribution in [0.3, 0.4) is 0 Å². The Morgan fingerprint density at radius 2 is 1.45 bits per heavy atom. The van der Waals surface area contributed by atoms with Crippen molar-refractivity contribution in [2.24, 2.45) is 11.8 Å². The Morgan fingerprint density at radius 3 is 1.64 bits per heavy atom. The number of hydrogen-bond acceptors (Lipinski definition) is 1. The molecule has 0 radical (unpaired) electrons. The molecule has 0 saturated carbocycles. The van der Waals surface area contributed by atoms with Gasteiger partial charge in [0, 0.05) is 6.10 Å². The van der Waals surface area contributed by atoms with E-state index in [1.807, 2.05) is 0 Å². The Balaban J connectivity index is 3.92. The maximum atomic E-state index is 5.59. The minimum Gasteiger partial charge on any atom is -0.425 e. The van der Waals surface area contributed by atoms with Crippen LogP contribution in [0.15, 0.2) is 0 Å². The molecule has 2 unspecified atom stereocenters. The Hall–Kier alpha value is 0.177. The molecule has 0 fully saturated rings. The lowest BCUT2D eigenvalue weighted by Crippen LogP contribution is -2.27. The summed E-state index contributed by atoms with van der Waals surface area (Å²) >= 11 is 0. The van der Waals surface area contributed by atoms with E-state index in [9.17, 15) is 0 Å². The van der Waals surface area contributed by atoms with Gasteiger partial charge in [0.2, 0.25) is 0 Å². The smallest absolute Gasteiger partial charge is 0.146 e. The molecule has 0 heterocycles. The van der Waals surface area contributed by atoms with Crippen molar-refractivity contribution in [1.82, 2.24) is 0 Å². The van der Waals surface area contributed by atoms with Gasteiger partial charge in [0.15, 0.2) is 0 Å². The van der Waals surface area contributed by atoms with E-state index in [0.29, 0.717) is 6.10 Å². The normalized spacial score (nSPS) is 19.6. The van der Waals surface area contributed by atoms with Gasteiger partial charge in [-0.1, -0.05) is 40.5 Å². The van der Waals surface area contributed by atoms with E-state index in [1.54, 1.807) is 0 Å². The highest BCUT2D eigenvalue weighted by molar-refractivity contribution is 5.98. The van der Waals surface area contributed by atoms with Crippen molar-refractivity contribution in [2.45, 2.75) is 46.6 Å². The van der Waals surface area contributed by atoms with Crippen LogP contribution < -0.4 is 0 Å². The standard InChI is InChI=1S/C9H22OSi/c1-5-7(3)9(10-11)8(4)6-2/h7-9H,5-6H2,1-4,11H3. The molecule has 0 N–H and O–H groups in total. The Morgan fingerprint density at radius 1 is 1.09 bits per heavy atom. The van der Waals surface area contributed by atoms with Crippen LogP contribution in [0.2, 0.25) is 0 Å². The van der Waals surface area contributed by atoms with Crippen molar-refractivity contribution >= 4 is 10.5 Å². The van der Waals surface area contributed by atoms with E-state index >= 15 is 0 Å². The zero-order valence-corrected chi connectivity index (χ0v) is 10.6. The maximum absolute atomic E-state index is 5.59. The Kier molecular flexibility index (Phi) is 5.87. The summed E-state index contributed by atoms with van der Waals surface area (Å²) in [7, 11) is 0.877. The molecule has 2 atom stereocenters. The molecule has 0 rings (SSSR count). The minimum atomic E-state index is 0.511. The average molecular weight is 174 g/mol. The van der Waals surface area contributed by atoms with Crippen LogP contribution in [0.1, 0.15) is 40.5 Å². The fourth-order valence-corrected chi connectivity index (χ4v) is 2.42. The van der Waals surface area contributed by atoms with E-state index in [2.05, 4.69) is 27.7 Å². The van der Waals surface area contributed by atoms with Gasteiger partial charge in [-0.15, -0.1) is 0 Å². The molecule has 1 nitrogen and oxygen atoms in total. The first-order valence-electron chi connectivity index (χ1n) is 4.70. The molecule has 0 aliphatic carbocycles. The summed E-state index contributed by atoms with van der Waals surface area (Å²) in [5.41, 5.74) is 0. The van der Waals surface area contributed by atoms with Crippen LogP contribution in [0.5, 0.6) is 0 Å². The summed E-state index contributed by atoms with van der Waals surface area (Å²) in [6.07, 6.45) is 2.98. The summed E-state index contributed by atoms with van der Waals surface area (Å²) in [6, 6.07) is 0. The second-order valence-corrected chi connectivity index (χ2v) is 3.94. The SMILES string of the molecule is CCC(C)C(O[SiH3])C(C)CC. The van der Waals surface area contributed by atoms with Crippen LogP contribution in [0, 0.1) is 11.8 Å². The van der Waals surface area contributed by atoms with E-state index in [0.717, 1.165) is 22.3 Å². The van der Waals surface area contributed by atoms with Crippen molar-refractivity contribution in [3.05, 3.63) is 0 Å². The second kappa shape index (κ2) is 5.78. The molecule has 0 spiro atoms. The van der Waals surface area contributed by atoms with Gasteiger partial charge in [0.25, 0.3) is 0 Å². The topological polar surface area (TPSA) is 9.23 Å². The molecule has 0 saturated heterocycles. The molecule has 0 aromatic carbocycles. The molecule has 0 bridgehead atoms. The van der Waals surface area contributed by atoms with Gasteiger partial charge in [0.05, 0.1) is 0 Å². The molecule has 68 valence electrons. The highest BCUT2D eigenvalue weighted by Gasteiger charge is 2.19. The molecule has 0 aromatic heterocycles. The van der Waals surface area contributed by atoms with Gasteiger partial charge in [-0.2, -0.15) is 0 Å². The van der Waals surface area contributed by atoms with Gasteiger partial charge >= 0.3 is 0 Å². The van der Waals surface area contributed by atoms with Crippen LogP contribution in [0.25, 0.3) is 0 Å². The third kappa shape index (κ3) is 3.39. The van der Waals surface area contributed by atoms with Gasteiger partial charge in [-0.3, -0.25) is 0 Å². The number of rotatable bonds is 5. The molecule has 0 amide bonds. The van der Waals surface area contributed by atoms with Crippen molar-refractivity contribution in [3.8, 4) is 0 Å². The lowest BCUT2D eigenvalue weighted by Gasteiger charge is -2.27. The quantitative estimate of drug-likeness (QED) is 0.577. The van der Waals surface area contributed by atoms with Crippen molar-refractivity contribution in [2.75, 3.05) is 0 Å². The van der Waals surface area contributed by atoms with Crippen LogP contribution >= 0.6 is 0 Å². The molecule has 0 aromatic rings. The second-order valence-electron chi connectivity index (χ2n) is 3.47. The van der Waals surface area contributed by atoms with Crippen LogP contribution in [-0.2, 0) is 4.43 Å². The molecule has 2 heteroatoms. The lowest BCUT2D eigenvalue weighted by atomic mass is 9.90. The first-order chi connectivity index (χ1) is 5.17. The molecule has 11 heavy (non-hydrogen) atoms. The zero-order valence-electron chi connectivity index (χ0n) is 8.55. The molecular formula is C9H22OSi. The minimum absolute atomic E-state index is 0.511. The van der Waals surface area contributed by atoms with Crippen molar-refractivity contribution in [1.29, 1.82) is 0 Å². The van der Waals surface area contributed by atoms with Crippen molar-refractivity contribution in [3.63, 3.8) is 0 Å². The van der Waals surface area contributed by atoms with E-state index in [1.165, 1.54) is 12.8 Å². The summed E-state index contributed by atoms with van der Waals surface area (Å²) in [6.45, 7) is 9.05. The lowest BCUT2D eigenvalue weighted by molar-refractivity contribution is 0.0957. The van der Waals surface area contributed by atoms with E-state index < -0.39 is 0 Å². The first-order valence-corrected chi connectivity index (χ1v) is 5.51. The highest BCUT2D eigenvalue weighted by Crippen LogP contribution is 2.20. The summed E-state index contributed by atoms with van der Waals surface area (Å²) < 4.78 is 5.59. The van der Waals surface area contributed by atoms with Gasteiger partial charge in [0.1, 0.15) is 10.5 Å². The third-order valence-electron chi connectivity index (χ3n) is 2.68. The van der Waals surface area contributed by atoms with Gasteiger partial charge < -0.3 is 4.43 Å². The zero-order chi connectivity index (χ0) is 8.85. The maximum Gasteiger partial charge on any atom is 0.146 e. The predicted octanol–water partition coefficient (Wildman–Crippen LogP) is 1.74. The van der Waals surface area contributed by atoms with Gasteiger partial charge in [-0.25, -0.2) is 0 Å². The average Bonchev–Trinajstić information content (AvgIpc) is 2.05. The number of hydrogen-bond donors (Lipinski definition) is 0. The van der Waals surface area contributed by atoms with Crippen LogP contribution in [-0.4, -0.2) is 16.6 Å². The Labute approximate surface area is 74.1 Å². The predicted molar refractivity (Wildman–Crippen MR) is 53.7 cm³/mol. The van der Waals surface area contributed by atoms with Crippen LogP contribution in [0.4, 0.5) is 0 Å². The summed E-state index contributed by atoms with van der Waals surface area (Å²) in [4.78, 5) is 0. The molecule has 0 aliphatic rings.